The van der Waals surface area contributed by atoms with E-state index in [0.29, 0.717) is 18.4 Å². The highest BCUT2D eigenvalue weighted by atomic mass is 32.2. The molecule has 6 nitrogen and oxygen atoms in total. The third kappa shape index (κ3) is 5.44. The van der Waals surface area contributed by atoms with Gasteiger partial charge in [-0.05, 0) is 75.5 Å². The lowest BCUT2D eigenvalue weighted by atomic mass is 10.0. The largest absolute Gasteiger partial charge is 0.492 e. The highest BCUT2D eigenvalue weighted by Crippen LogP contribution is 2.28. The van der Waals surface area contributed by atoms with Crippen LogP contribution in [0.5, 0.6) is 5.75 Å². The zero-order valence-corrected chi connectivity index (χ0v) is 14.8. The Balaban J connectivity index is 1.33. The quantitative estimate of drug-likeness (QED) is 0.733. The molecule has 3 rings (SSSR count). The Morgan fingerprint density at radius 3 is 2.38 bits per heavy atom. The Morgan fingerprint density at radius 1 is 1.12 bits per heavy atom. The van der Waals surface area contributed by atoms with Gasteiger partial charge in [-0.1, -0.05) is 0 Å². The van der Waals surface area contributed by atoms with E-state index in [1.165, 1.54) is 44.4 Å². The predicted molar refractivity (Wildman–Crippen MR) is 93.5 cm³/mol. The molecule has 0 atom stereocenters. The number of primary sulfonamides is 1. The number of hydrogen-bond acceptors (Lipinski definition) is 5. The van der Waals surface area contributed by atoms with Gasteiger partial charge in [0.15, 0.2) is 0 Å². The number of benzene rings is 1. The Hall–Kier alpha value is -1.15. The van der Waals surface area contributed by atoms with Crippen LogP contribution in [-0.4, -0.2) is 52.1 Å². The van der Waals surface area contributed by atoms with Crippen LogP contribution in [0.2, 0.25) is 0 Å². The van der Waals surface area contributed by atoms with E-state index in [0.717, 1.165) is 25.6 Å². The van der Waals surface area contributed by atoms with Gasteiger partial charge in [-0.3, -0.25) is 4.90 Å². The van der Waals surface area contributed by atoms with Gasteiger partial charge in [-0.25, -0.2) is 13.6 Å². The SMILES string of the molecule is NS(=O)(=O)c1ccc(OCCN2CCC(NCC3CC3)CC2)cc1. The number of nitrogens with zero attached hydrogens (tertiary/aromatic N) is 1. The zero-order valence-electron chi connectivity index (χ0n) is 14.0. The molecular formula is C17H27N3O3S. The molecule has 134 valence electrons. The van der Waals surface area contributed by atoms with Crippen LogP contribution in [0.15, 0.2) is 29.2 Å². The van der Waals surface area contributed by atoms with Gasteiger partial charge in [0.05, 0.1) is 4.90 Å². The van der Waals surface area contributed by atoms with Crippen molar-refractivity contribution in [2.45, 2.75) is 36.6 Å². The summed E-state index contributed by atoms with van der Waals surface area (Å²) in [6, 6.07) is 6.92. The summed E-state index contributed by atoms with van der Waals surface area (Å²) in [4.78, 5) is 2.53. The highest BCUT2D eigenvalue weighted by Gasteiger charge is 2.24. The van der Waals surface area contributed by atoms with E-state index in [-0.39, 0.29) is 4.90 Å². The number of ether oxygens (including phenoxy) is 1. The molecule has 1 saturated heterocycles. The molecule has 0 spiro atoms. The minimum atomic E-state index is -3.64. The summed E-state index contributed by atoms with van der Waals surface area (Å²) in [6.45, 7) is 4.91. The van der Waals surface area contributed by atoms with Crippen molar-refractivity contribution in [3.8, 4) is 5.75 Å². The molecule has 0 bridgehead atoms. The van der Waals surface area contributed by atoms with Gasteiger partial charge in [0.1, 0.15) is 12.4 Å². The molecule has 1 saturated carbocycles. The highest BCUT2D eigenvalue weighted by molar-refractivity contribution is 7.89. The average molecular weight is 353 g/mol. The maximum atomic E-state index is 11.2. The second-order valence-electron chi connectivity index (χ2n) is 6.83. The predicted octanol–water partition coefficient (Wildman–Crippen LogP) is 1.18. The number of piperidine rings is 1. The molecule has 1 aromatic carbocycles. The molecule has 0 aromatic heterocycles. The molecular weight excluding hydrogens is 326 g/mol. The fourth-order valence-electron chi connectivity index (χ4n) is 3.03. The van der Waals surface area contributed by atoms with E-state index in [1.807, 2.05) is 0 Å². The van der Waals surface area contributed by atoms with Gasteiger partial charge in [-0.15, -0.1) is 0 Å². The van der Waals surface area contributed by atoms with Crippen molar-refractivity contribution in [3.63, 3.8) is 0 Å². The Morgan fingerprint density at radius 2 is 1.79 bits per heavy atom. The van der Waals surface area contributed by atoms with Crippen molar-refractivity contribution < 1.29 is 13.2 Å². The molecule has 0 amide bonds. The van der Waals surface area contributed by atoms with E-state index in [4.69, 9.17) is 9.88 Å². The first-order valence-corrected chi connectivity index (χ1v) is 10.3. The first kappa shape index (κ1) is 17.7. The second kappa shape index (κ2) is 7.82. The fraction of sp³-hybridized carbons (Fsp3) is 0.647. The van der Waals surface area contributed by atoms with Gasteiger partial charge in [0, 0.05) is 12.6 Å². The molecule has 24 heavy (non-hydrogen) atoms. The average Bonchev–Trinajstić information content (AvgIpc) is 3.38. The van der Waals surface area contributed by atoms with Gasteiger partial charge < -0.3 is 10.1 Å². The Kier molecular flexibility index (Phi) is 5.76. The summed E-state index contributed by atoms with van der Waals surface area (Å²) in [6.07, 6.45) is 5.22. The first-order chi connectivity index (χ1) is 11.5. The minimum Gasteiger partial charge on any atom is -0.492 e. The van der Waals surface area contributed by atoms with Gasteiger partial charge in [0.2, 0.25) is 10.0 Å². The van der Waals surface area contributed by atoms with Crippen LogP contribution in [0.4, 0.5) is 0 Å². The van der Waals surface area contributed by atoms with Crippen molar-refractivity contribution in [1.29, 1.82) is 0 Å². The standard InChI is InChI=1S/C17H27N3O3S/c18-24(21,22)17-5-3-16(4-6-17)23-12-11-20-9-7-15(8-10-20)19-13-14-1-2-14/h3-6,14-15,19H,1-2,7-13H2,(H2,18,21,22). The number of rotatable bonds is 8. The van der Waals surface area contributed by atoms with Crippen LogP contribution in [0, 0.1) is 5.92 Å². The van der Waals surface area contributed by atoms with Crippen molar-refractivity contribution in [3.05, 3.63) is 24.3 Å². The molecule has 0 radical (unpaired) electrons. The van der Waals surface area contributed by atoms with Crippen LogP contribution < -0.4 is 15.2 Å². The number of likely N-dealkylation sites (tertiary alicyclic amines) is 1. The van der Waals surface area contributed by atoms with Crippen LogP contribution in [0.3, 0.4) is 0 Å². The van der Waals surface area contributed by atoms with Crippen molar-refractivity contribution in [2.24, 2.45) is 11.1 Å². The number of nitrogens with one attached hydrogen (secondary N) is 1. The van der Waals surface area contributed by atoms with Crippen molar-refractivity contribution in [1.82, 2.24) is 10.2 Å². The lowest BCUT2D eigenvalue weighted by Gasteiger charge is -2.32. The molecule has 2 aliphatic rings. The molecule has 1 aliphatic heterocycles. The maximum Gasteiger partial charge on any atom is 0.238 e. The minimum absolute atomic E-state index is 0.107. The third-order valence-corrected chi connectivity index (χ3v) is 5.74. The van der Waals surface area contributed by atoms with Gasteiger partial charge in [0.25, 0.3) is 0 Å². The molecule has 1 heterocycles. The summed E-state index contributed by atoms with van der Waals surface area (Å²) >= 11 is 0. The van der Waals surface area contributed by atoms with E-state index in [2.05, 4.69) is 10.2 Å². The molecule has 7 heteroatoms. The maximum absolute atomic E-state index is 11.2. The summed E-state index contributed by atoms with van der Waals surface area (Å²) in [5, 5.41) is 8.76. The smallest absolute Gasteiger partial charge is 0.238 e. The number of nitrogens with two attached hydrogens (primary N) is 1. The monoisotopic (exact) mass is 353 g/mol. The molecule has 2 fully saturated rings. The van der Waals surface area contributed by atoms with E-state index in [1.54, 1.807) is 12.1 Å². The van der Waals surface area contributed by atoms with Crippen molar-refractivity contribution in [2.75, 3.05) is 32.8 Å². The van der Waals surface area contributed by atoms with E-state index in [9.17, 15) is 8.42 Å². The summed E-state index contributed by atoms with van der Waals surface area (Å²) in [7, 11) is -3.64. The number of hydrogen-bond donors (Lipinski definition) is 2. The van der Waals surface area contributed by atoms with Crippen LogP contribution in [-0.2, 0) is 10.0 Å². The summed E-state index contributed by atoms with van der Waals surface area (Å²) in [5.41, 5.74) is 0. The topological polar surface area (TPSA) is 84.7 Å². The van der Waals surface area contributed by atoms with E-state index >= 15 is 0 Å². The Bertz CT molecular complexity index is 621. The summed E-state index contributed by atoms with van der Waals surface area (Å²) < 4.78 is 28.1. The van der Waals surface area contributed by atoms with Gasteiger partial charge >= 0.3 is 0 Å². The van der Waals surface area contributed by atoms with Crippen LogP contribution in [0.25, 0.3) is 0 Å². The number of sulfonamides is 1. The Labute approximate surface area is 144 Å². The third-order valence-electron chi connectivity index (χ3n) is 4.81. The normalized spacial score (nSPS) is 20.2. The zero-order chi connectivity index (χ0) is 17.0. The fourth-order valence-corrected chi connectivity index (χ4v) is 3.55. The van der Waals surface area contributed by atoms with Gasteiger partial charge in [-0.2, -0.15) is 0 Å². The molecule has 1 aromatic rings. The summed E-state index contributed by atoms with van der Waals surface area (Å²) in [5.74, 6) is 1.61. The molecule has 3 N–H and O–H groups in total. The second-order valence-corrected chi connectivity index (χ2v) is 8.39. The molecule has 1 aliphatic carbocycles. The lowest BCUT2D eigenvalue weighted by molar-refractivity contribution is 0.164. The first-order valence-electron chi connectivity index (χ1n) is 8.72. The van der Waals surface area contributed by atoms with Crippen LogP contribution >= 0.6 is 0 Å². The van der Waals surface area contributed by atoms with Crippen LogP contribution in [0.1, 0.15) is 25.7 Å². The van der Waals surface area contributed by atoms with Crippen molar-refractivity contribution >= 4 is 10.0 Å². The van der Waals surface area contributed by atoms with E-state index < -0.39 is 10.0 Å². The molecule has 0 unspecified atom stereocenters. The lowest BCUT2D eigenvalue weighted by Crippen LogP contribution is -2.44.